The number of benzene rings is 2. The van der Waals surface area contributed by atoms with E-state index in [2.05, 4.69) is 14.6 Å². The van der Waals surface area contributed by atoms with Gasteiger partial charge >= 0.3 is 0 Å². The Morgan fingerprint density at radius 2 is 1.97 bits per heavy atom. The lowest BCUT2D eigenvalue weighted by Gasteiger charge is -2.18. The molecule has 34 heavy (non-hydrogen) atoms. The summed E-state index contributed by atoms with van der Waals surface area (Å²) in [5, 5.41) is 0. The third-order valence-corrected chi connectivity index (χ3v) is 6.55. The van der Waals surface area contributed by atoms with Crippen molar-refractivity contribution in [3.8, 4) is 17.0 Å². The fourth-order valence-corrected chi connectivity index (χ4v) is 4.68. The van der Waals surface area contributed by atoms with Crippen molar-refractivity contribution in [3.05, 3.63) is 88.7 Å². The van der Waals surface area contributed by atoms with Crippen LogP contribution in [0.3, 0.4) is 0 Å². The maximum atomic E-state index is 14.5. The summed E-state index contributed by atoms with van der Waals surface area (Å²) < 4.78 is 47.4. The number of hydrogen-bond acceptors (Lipinski definition) is 5. The van der Waals surface area contributed by atoms with Crippen LogP contribution in [-0.2, 0) is 27.8 Å². The smallest absolute Gasteiger partial charge is 0.264 e. The third-order valence-electron chi connectivity index (χ3n) is 5.18. The average molecular weight is 482 g/mol. The van der Waals surface area contributed by atoms with E-state index in [1.807, 2.05) is 13.8 Å². The maximum absolute atomic E-state index is 14.5. The van der Waals surface area contributed by atoms with Crippen LogP contribution in [0.4, 0.5) is 4.39 Å². The standard InChI is InChI=1S/C25H24FN3O4S/c1-16(2)21-12-19(26)13-22(18-8-9-28-25(11-18)33-4)23(21)14-24(30)29-34(31,32)20-7-5-6-17(10-20)15-27-3/h5-13,16H,14-15H2,1-2,4H3,(H,29,30). The number of nitrogens with zero attached hydrogens (tertiary/aromatic N) is 2. The normalized spacial score (nSPS) is 11.2. The summed E-state index contributed by atoms with van der Waals surface area (Å²) in [5.41, 5.74) is 2.68. The number of amides is 1. The molecule has 176 valence electrons. The first-order valence-corrected chi connectivity index (χ1v) is 11.9. The predicted octanol–water partition coefficient (Wildman–Crippen LogP) is 4.49. The Morgan fingerprint density at radius 1 is 1.21 bits per heavy atom. The topological polar surface area (TPSA) is 89.7 Å². The quantitative estimate of drug-likeness (QED) is 0.479. The van der Waals surface area contributed by atoms with E-state index in [1.165, 1.54) is 43.6 Å². The van der Waals surface area contributed by atoms with Gasteiger partial charge in [0.05, 0.1) is 18.4 Å². The fourth-order valence-electron chi connectivity index (χ4n) is 3.62. The summed E-state index contributed by atoms with van der Waals surface area (Å²) in [6, 6.07) is 11.8. The molecule has 3 rings (SSSR count). The van der Waals surface area contributed by atoms with Gasteiger partial charge in [-0.3, -0.25) is 4.79 Å². The zero-order valence-corrected chi connectivity index (χ0v) is 19.8. The first-order chi connectivity index (χ1) is 16.1. The molecule has 0 atom stereocenters. The predicted molar refractivity (Wildman–Crippen MR) is 126 cm³/mol. The van der Waals surface area contributed by atoms with E-state index in [9.17, 15) is 17.6 Å². The molecule has 0 bridgehead atoms. The van der Waals surface area contributed by atoms with Crippen LogP contribution in [0, 0.1) is 12.4 Å². The molecule has 1 heterocycles. The van der Waals surface area contributed by atoms with E-state index in [1.54, 1.807) is 18.2 Å². The van der Waals surface area contributed by atoms with E-state index in [4.69, 9.17) is 11.3 Å². The van der Waals surface area contributed by atoms with Crippen LogP contribution >= 0.6 is 0 Å². The van der Waals surface area contributed by atoms with Gasteiger partial charge in [-0.1, -0.05) is 26.0 Å². The summed E-state index contributed by atoms with van der Waals surface area (Å²) in [5.74, 6) is -1.03. The van der Waals surface area contributed by atoms with Gasteiger partial charge in [0.25, 0.3) is 10.0 Å². The van der Waals surface area contributed by atoms with Crippen molar-refractivity contribution >= 4 is 15.9 Å². The van der Waals surface area contributed by atoms with Crippen molar-refractivity contribution in [1.82, 2.24) is 9.71 Å². The Morgan fingerprint density at radius 3 is 2.65 bits per heavy atom. The molecule has 1 aromatic heterocycles. The number of hydrogen-bond donors (Lipinski definition) is 1. The lowest BCUT2D eigenvalue weighted by Crippen LogP contribution is -2.32. The molecular weight excluding hydrogens is 457 g/mol. The lowest BCUT2D eigenvalue weighted by molar-refractivity contribution is -0.118. The molecule has 0 saturated heterocycles. The number of nitrogens with one attached hydrogen (secondary N) is 1. The van der Waals surface area contributed by atoms with Crippen molar-refractivity contribution in [3.63, 3.8) is 0 Å². The summed E-state index contributed by atoms with van der Waals surface area (Å²) >= 11 is 0. The molecule has 1 amide bonds. The first-order valence-electron chi connectivity index (χ1n) is 10.4. The first kappa shape index (κ1) is 24.9. The Hall–Kier alpha value is -3.77. The molecule has 3 aromatic rings. The molecule has 0 aliphatic carbocycles. The zero-order valence-electron chi connectivity index (χ0n) is 19.0. The summed E-state index contributed by atoms with van der Waals surface area (Å²) in [6.07, 6.45) is 1.23. The molecule has 1 N–H and O–H groups in total. The van der Waals surface area contributed by atoms with Gasteiger partial charge in [0.2, 0.25) is 18.3 Å². The van der Waals surface area contributed by atoms with Crippen LogP contribution in [0.15, 0.2) is 59.6 Å². The largest absolute Gasteiger partial charge is 0.481 e. The van der Waals surface area contributed by atoms with Crippen molar-refractivity contribution < 1.29 is 22.3 Å². The highest BCUT2D eigenvalue weighted by Gasteiger charge is 2.23. The number of rotatable bonds is 8. The third kappa shape index (κ3) is 5.77. The minimum absolute atomic E-state index is 0.0311. The Balaban J connectivity index is 1.99. The van der Waals surface area contributed by atoms with Crippen molar-refractivity contribution in [2.45, 2.75) is 37.6 Å². The van der Waals surface area contributed by atoms with E-state index in [0.717, 1.165) is 0 Å². The minimum atomic E-state index is -4.16. The van der Waals surface area contributed by atoms with E-state index < -0.39 is 21.7 Å². The molecule has 0 aliphatic heterocycles. The van der Waals surface area contributed by atoms with Gasteiger partial charge in [0.1, 0.15) is 5.82 Å². The second kappa shape index (κ2) is 10.4. The van der Waals surface area contributed by atoms with Crippen LogP contribution in [0.1, 0.15) is 36.5 Å². The van der Waals surface area contributed by atoms with E-state index >= 15 is 0 Å². The van der Waals surface area contributed by atoms with Gasteiger partial charge in [-0.2, -0.15) is 0 Å². The number of pyridine rings is 1. The monoisotopic (exact) mass is 481 g/mol. The van der Waals surface area contributed by atoms with Crippen LogP contribution in [0.25, 0.3) is 16.0 Å². The van der Waals surface area contributed by atoms with Gasteiger partial charge in [-0.15, -0.1) is 0 Å². The molecule has 9 heteroatoms. The molecule has 0 unspecified atom stereocenters. The van der Waals surface area contributed by atoms with Gasteiger partial charge in [-0.25, -0.2) is 29.1 Å². The zero-order chi connectivity index (χ0) is 24.9. The number of carbonyl (C=O) groups excluding carboxylic acids is 1. The molecule has 0 aliphatic rings. The molecule has 0 radical (unpaired) electrons. The fraction of sp³-hybridized carbons (Fsp3) is 0.240. The van der Waals surface area contributed by atoms with Gasteiger partial charge in [-0.05, 0) is 58.5 Å². The molecular formula is C25H24FN3O4S. The molecule has 0 saturated carbocycles. The number of ether oxygens (including phenoxy) is 1. The van der Waals surface area contributed by atoms with Crippen LogP contribution < -0.4 is 9.46 Å². The number of sulfonamides is 1. The Bertz CT molecular complexity index is 1360. The number of carbonyl (C=O) groups is 1. The number of halogens is 1. The second-order valence-electron chi connectivity index (χ2n) is 7.93. The van der Waals surface area contributed by atoms with E-state index in [-0.39, 0.29) is 23.8 Å². The Kier molecular flexibility index (Phi) is 7.64. The van der Waals surface area contributed by atoms with Crippen LogP contribution in [-0.4, -0.2) is 26.4 Å². The summed E-state index contributed by atoms with van der Waals surface area (Å²) in [4.78, 5) is 20.1. The maximum Gasteiger partial charge on any atom is 0.264 e. The van der Waals surface area contributed by atoms with Crippen molar-refractivity contribution in [2.75, 3.05) is 7.11 Å². The van der Waals surface area contributed by atoms with Gasteiger partial charge in [0.15, 0.2) is 0 Å². The average Bonchev–Trinajstić information content (AvgIpc) is 2.80. The molecule has 7 nitrogen and oxygen atoms in total. The molecule has 0 spiro atoms. The molecule has 2 aromatic carbocycles. The summed E-state index contributed by atoms with van der Waals surface area (Å²) in [6.45, 7) is 10.7. The SMILES string of the molecule is [C-]#[N+]Cc1cccc(S(=O)(=O)NC(=O)Cc2c(-c3ccnc(OC)c3)cc(F)cc2C(C)C)c1. The highest BCUT2D eigenvalue weighted by molar-refractivity contribution is 7.90. The highest BCUT2D eigenvalue weighted by atomic mass is 32.2. The van der Waals surface area contributed by atoms with Crippen molar-refractivity contribution in [2.24, 2.45) is 0 Å². The number of methoxy groups -OCH3 is 1. The van der Waals surface area contributed by atoms with Crippen molar-refractivity contribution in [1.29, 1.82) is 0 Å². The van der Waals surface area contributed by atoms with Gasteiger partial charge < -0.3 is 9.58 Å². The lowest BCUT2D eigenvalue weighted by atomic mass is 9.88. The Labute approximate surface area is 198 Å². The molecule has 0 fully saturated rings. The van der Waals surface area contributed by atoms with E-state index in [0.29, 0.717) is 33.7 Å². The van der Waals surface area contributed by atoms with Gasteiger partial charge in [0, 0.05) is 17.8 Å². The second-order valence-corrected chi connectivity index (χ2v) is 9.61. The van der Waals surface area contributed by atoms with Crippen LogP contribution in [0.5, 0.6) is 5.88 Å². The van der Waals surface area contributed by atoms with Crippen LogP contribution in [0.2, 0.25) is 0 Å². The summed E-state index contributed by atoms with van der Waals surface area (Å²) in [7, 11) is -2.69. The number of aromatic nitrogens is 1. The minimum Gasteiger partial charge on any atom is -0.481 e. The highest BCUT2D eigenvalue weighted by Crippen LogP contribution is 2.33.